The first-order chi connectivity index (χ1) is 7.86. The number of hydrogen-bond acceptors (Lipinski definition) is 1. The third-order valence-corrected chi connectivity index (χ3v) is 2.65. The Balaban J connectivity index is 3.06. The Morgan fingerprint density at radius 2 is 1.76 bits per heavy atom. The number of benzene rings is 1. The van der Waals surface area contributed by atoms with Gasteiger partial charge in [-0.15, -0.1) is 0 Å². The highest BCUT2D eigenvalue weighted by atomic mass is 19.4. The van der Waals surface area contributed by atoms with Crippen LogP contribution in [-0.4, -0.2) is 12.7 Å². The summed E-state index contributed by atoms with van der Waals surface area (Å²) in [5, 5.41) is 2.48. The second-order valence-electron chi connectivity index (χ2n) is 4.36. The molecule has 0 aromatic heterocycles. The SMILES string of the molecule is CCNC(c1cccc(C(C)C)c1)C(F)(F)F. The molecule has 0 fully saturated rings. The number of nitrogens with one attached hydrogen (secondary N) is 1. The highest BCUT2D eigenvalue weighted by Crippen LogP contribution is 2.33. The van der Waals surface area contributed by atoms with Gasteiger partial charge in [0.1, 0.15) is 6.04 Å². The van der Waals surface area contributed by atoms with Gasteiger partial charge in [0.25, 0.3) is 0 Å². The highest BCUT2D eigenvalue weighted by molar-refractivity contribution is 5.28. The topological polar surface area (TPSA) is 12.0 Å². The van der Waals surface area contributed by atoms with Crippen molar-refractivity contribution in [3.63, 3.8) is 0 Å². The van der Waals surface area contributed by atoms with Gasteiger partial charge in [0.2, 0.25) is 0 Å². The smallest absolute Gasteiger partial charge is 0.303 e. The van der Waals surface area contributed by atoms with E-state index in [1.165, 1.54) is 6.07 Å². The third-order valence-electron chi connectivity index (χ3n) is 2.65. The number of hydrogen-bond donors (Lipinski definition) is 1. The summed E-state index contributed by atoms with van der Waals surface area (Å²) in [5.41, 5.74) is 1.21. The lowest BCUT2D eigenvalue weighted by molar-refractivity contribution is -0.157. The van der Waals surface area contributed by atoms with E-state index in [4.69, 9.17) is 0 Å². The van der Waals surface area contributed by atoms with E-state index in [0.29, 0.717) is 0 Å². The monoisotopic (exact) mass is 245 g/mol. The lowest BCUT2D eigenvalue weighted by atomic mass is 9.97. The zero-order valence-corrected chi connectivity index (χ0v) is 10.3. The van der Waals surface area contributed by atoms with Gasteiger partial charge in [-0.2, -0.15) is 13.2 Å². The van der Waals surface area contributed by atoms with Crippen LogP contribution in [0.4, 0.5) is 13.2 Å². The predicted octanol–water partition coefficient (Wildman–Crippen LogP) is 4.02. The fourth-order valence-electron chi connectivity index (χ4n) is 1.72. The quantitative estimate of drug-likeness (QED) is 0.844. The van der Waals surface area contributed by atoms with Crippen molar-refractivity contribution < 1.29 is 13.2 Å². The minimum Gasteiger partial charge on any atom is -0.303 e. The minimum atomic E-state index is -4.26. The molecule has 0 aliphatic rings. The summed E-state index contributed by atoms with van der Waals surface area (Å²) >= 11 is 0. The Kier molecular flexibility index (Phi) is 4.57. The van der Waals surface area contributed by atoms with Crippen molar-refractivity contribution in [3.8, 4) is 0 Å². The number of rotatable bonds is 4. The maximum absolute atomic E-state index is 12.9. The second kappa shape index (κ2) is 5.54. The molecule has 0 heterocycles. The average molecular weight is 245 g/mol. The van der Waals surface area contributed by atoms with Gasteiger partial charge < -0.3 is 5.32 Å². The van der Waals surface area contributed by atoms with Crippen molar-refractivity contribution in [1.29, 1.82) is 0 Å². The van der Waals surface area contributed by atoms with Gasteiger partial charge >= 0.3 is 6.18 Å². The van der Waals surface area contributed by atoms with E-state index in [9.17, 15) is 13.2 Å². The van der Waals surface area contributed by atoms with Gasteiger partial charge in [0, 0.05) is 0 Å². The maximum atomic E-state index is 12.9. The van der Waals surface area contributed by atoms with E-state index in [-0.39, 0.29) is 18.0 Å². The summed E-state index contributed by atoms with van der Waals surface area (Å²) in [4.78, 5) is 0. The number of alkyl halides is 3. The molecule has 1 atom stereocenters. The zero-order valence-electron chi connectivity index (χ0n) is 10.3. The van der Waals surface area contributed by atoms with Gasteiger partial charge in [0.15, 0.2) is 0 Å². The van der Waals surface area contributed by atoms with Crippen LogP contribution in [0, 0.1) is 0 Å². The molecule has 0 saturated heterocycles. The summed E-state index contributed by atoms with van der Waals surface area (Å²) in [6, 6.07) is 5.11. The lowest BCUT2D eigenvalue weighted by Gasteiger charge is -2.22. The normalized spacial score (nSPS) is 14.1. The van der Waals surface area contributed by atoms with Crippen molar-refractivity contribution in [2.45, 2.75) is 38.9 Å². The fraction of sp³-hybridized carbons (Fsp3) is 0.538. The van der Waals surface area contributed by atoms with Crippen LogP contribution in [-0.2, 0) is 0 Å². The van der Waals surface area contributed by atoms with Crippen LogP contribution < -0.4 is 5.32 Å². The molecular formula is C13H18F3N. The van der Waals surface area contributed by atoms with Crippen molar-refractivity contribution in [3.05, 3.63) is 35.4 Å². The zero-order chi connectivity index (χ0) is 13.1. The molecule has 1 aromatic carbocycles. The van der Waals surface area contributed by atoms with Crippen LogP contribution in [0.3, 0.4) is 0 Å². The van der Waals surface area contributed by atoms with Crippen LogP contribution in [0.1, 0.15) is 43.9 Å². The van der Waals surface area contributed by atoms with Crippen LogP contribution in [0.15, 0.2) is 24.3 Å². The van der Waals surface area contributed by atoms with Gasteiger partial charge in [-0.25, -0.2) is 0 Å². The first-order valence-corrected chi connectivity index (χ1v) is 5.76. The molecule has 1 unspecified atom stereocenters. The highest BCUT2D eigenvalue weighted by Gasteiger charge is 2.40. The van der Waals surface area contributed by atoms with E-state index in [0.717, 1.165) is 5.56 Å². The molecule has 0 spiro atoms. The second-order valence-corrected chi connectivity index (χ2v) is 4.36. The Labute approximate surface area is 100 Å². The average Bonchev–Trinajstić information content (AvgIpc) is 2.24. The van der Waals surface area contributed by atoms with Gasteiger partial charge in [-0.05, 0) is 23.6 Å². The Morgan fingerprint density at radius 1 is 1.18 bits per heavy atom. The van der Waals surface area contributed by atoms with Crippen molar-refractivity contribution in [2.75, 3.05) is 6.54 Å². The molecule has 17 heavy (non-hydrogen) atoms. The first kappa shape index (κ1) is 14.0. The summed E-state index contributed by atoms with van der Waals surface area (Å²) in [7, 11) is 0. The molecule has 0 bridgehead atoms. The molecule has 4 heteroatoms. The summed E-state index contributed by atoms with van der Waals surface area (Å²) in [6.07, 6.45) is -4.26. The molecule has 0 radical (unpaired) electrons. The Morgan fingerprint density at radius 3 is 2.24 bits per heavy atom. The molecule has 1 rings (SSSR count). The third kappa shape index (κ3) is 3.73. The van der Waals surface area contributed by atoms with Gasteiger partial charge in [-0.1, -0.05) is 45.0 Å². The van der Waals surface area contributed by atoms with Crippen LogP contribution >= 0.6 is 0 Å². The standard InChI is InChI=1S/C13H18F3N/c1-4-17-12(13(14,15)16)11-7-5-6-10(8-11)9(2)3/h5-9,12,17H,4H2,1-3H3. The van der Waals surface area contributed by atoms with E-state index < -0.39 is 12.2 Å². The summed E-state index contributed by atoms with van der Waals surface area (Å²) < 4.78 is 38.6. The minimum absolute atomic E-state index is 0.227. The van der Waals surface area contributed by atoms with Crippen molar-refractivity contribution in [1.82, 2.24) is 5.32 Å². The maximum Gasteiger partial charge on any atom is 0.407 e. The van der Waals surface area contributed by atoms with Crippen LogP contribution in [0.25, 0.3) is 0 Å². The predicted molar refractivity (Wildman–Crippen MR) is 63.0 cm³/mol. The first-order valence-electron chi connectivity index (χ1n) is 5.76. The molecule has 0 aliphatic heterocycles. The summed E-state index contributed by atoms with van der Waals surface area (Å²) in [6.45, 7) is 5.89. The van der Waals surface area contributed by atoms with E-state index in [1.807, 2.05) is 19.9 Å². The van der Waals surface area contributed by atoms with Crippen molar-refractivity contribution >= 4 is 0 Å². The molecular weight excluding hydrogens is 227 g/mol. The summed E-state index contributed by atoms with van der Waals surface area (Å²) in [5.74, 6) is 0.227. The fourth-order valence-corrected chi connectivity index (χ4v) is 1.72. The van der Waals surface area contributed by atoms with Gasteiger partial charge in [-0.3, -0.25) is 0 Å². The van der Waals surface area contributed by atoms with Crippen molar-refractivity contribution in [2.24, 2.45) is 0 Å². The molecule has 0 amide bonds. The van der Waals surface area contributed by atoms with E-state index >= 15 is 0 Å². The Hall–Kier alpha value is -1.03. The molecule has 1 N–H and O–H groups in total. The molecule has 1 aromatic rings. The Bertz CT molecular complexity index is 358. The van der Waals surface area contributed by atoms with E-state index in [1.54, 1.807) is 19.1 Å². The lowest BCUT2D eigenvalue weighted by Crippen LogP contribution is -2.34. The molecule has 96 valence electrons. The molecule has 0 aliphatic carbocycles. The van der Waals surface area contributed by atoms with E-state index in [2.05, 4.69) is 5.32 Å². The largest absolute Gasteiger partial charge is 0.407 e. The van der Waals surface area contributed by atoms with Crippen LogP contribution in [0.2, 0.25) is 0 Å². The van der Waals surface area contributed by atoms with Gasteiger partial charge in [0.05, 0.1) is 0 Å². The number of halogens is 3. The molecule has 0 saturated carbocycles. The molecule has 1 nitrogen and oxygen atoms in total. The van der Waals surface area contributed by atoms with Crippen LogP contribution in [0.5, 0.6) is 0 Å².